The van der Waals surface area contributed by atoms with Crippen LogP contribution in [0.1, 0.15) is 22.8 Å². The Morgan fingerprint density at radius 1 is 1.32 bits per heavy atom. The molecule has 0 saturated heterocycles. The van der Waals surface area contributed by atoms with Crippen LogP contribution in [0.5, 0.6) is 11.5 Å². The Balaban J connectivity index is 1.61. The summed E-state index contributed by atoms with van der Waals surface area (Å²) in [5.41, 5.74) is 1.50. The lowest BCUT2D eigenvalue weighted by atomic mass is 10.2. The maximum atomic E-state index is 12.1. The van der Waals surface area contributed by atoms with Crippen LogP contribution >= 0.6 is 11.3 Å². The zero-order valence-electron chi connectivity index (χ0n) is 13.4. The highest BCUT2D eigenvalue weighted by Gasteiger charge is 2.18. The van der Waals surface area contributed by atoms with Crippen LogP contribution in [-0.4, -0.2) is 29.3 Å². The molecule has 1 N–H and O–H groups in total. The maximum Gasteiger partial charge on any atom is 0.339 e. The van der Waals surface area contributed by atoms with E-state index in [0.717, 1.165) is 21.9 Å². The Kier molecular flexibility index (Phi) is 4.10. The third kappa shape index (κ3) is 2.96. The molecule has 0 bridgehead atoms. The second-order valence-corrected chi connectivity index (χ2v) is 6.17. The zero-order valence-corrected chi connectivity index (χ0v) is 14.3. The number of anilines is 1. The number of carbonyl (C=O) groups excluding carboxylic acids is 1. The van der Waals surface area contributed by atoms with Crippen molar-refractivity contribution in [2.45, 2.75) is 13.5 Å². The number of hydrogen-bond donors (Lipinski definition) is 1. The number of esters is 1. The molecular weight excluding hydrogens is 342 g/mol. The van der Waals surface area contributed by atoms with Gasteiger partial charge in [-0.3, -0.25) is 0 Å². The van der Waals surface area contributed by atoms with E-state index in [1.807, 2.05) is 18.2 Å². The molecule has 0 amide bonds. The van der Waals surface area contributed by atoms with Gasteiger partial charge in [0.2, 0.25) is 6.79 Å². The summed E-state index contributed by atoms with van der Waals surface area (Å²) in [5.74, 6) is 1.71. The topological polar surface area (TPSA) is 82.6 Å². The number of hydrogen-bond acceptors (Lipinski definition) is 8. The summed E-state index contributed by atoms with van der Waals surface area (Å²) < 4.78 is 15.8. The first-order valence-electron chi connectivity index (χ1n) is 7.78. The smallest absolute Gasteiger partial charge is 0.339 e. The van der Waals surface area contributed by atoms with Gasteiger partial charge in [0.05, 0.1) is 17.6 Å². The molecule has 1 aliphatic heterocycles. The number of nitrogens with one attached hydrogen (secondary N) is 1. The third-order valence-electron chi connectivity index (χ3n) is 3.76. The van der Waals surface area contributed by atoms with Crippen molar-refractivity contribution in [1.82, 2.24) is 9.97 Å². The molecule has 4 rings (SSSR count). The standard InChI is InChI=1S/C17H15N3O4S/c1-2-22-17(21)11-7-25-16-14(11)15(19-8-20-16)18-6-10-3-4-12-13(5-10)24-9-23-12/h3-5,7-8H,2,6,9H2,1H3,(H,18,19,20). The van der Waals surface area contributed by atoms with E-state index in [1.165, 1.54) is 17.7 Å². The Labute approximate surface area is 147 Å². The highest BCUT2D eigenvalue weighted by molar-refractivity contribution is 7.17. The second-order valence-electron chi connectivity index (χ2n) is 5.31. The van der Waals surface area contributed by atoms with Crippen molar-refractivity contribution in [3.63, 3.8) is 0 Å². The number of benzene rings is 1. The predicted octanol–water partition coefficient (Wildman–Crippen LogP) is 3.21. The molecule has 0 saturated carbocycles. The van der Waals surface area contributed by atoms with E-state index in [-0.39, 0.29) is 12.8 Å². The second kappa shape index (κ2) is 6.56. The lowest BCUT2D eigenvalue weighted by Gasteiger charge is -2.09. The van der Waals surface area contributed by atoms with Crippen LogP contribution in [0, 0.1) is 0 Å². The minimum Gasteiger partial charge on any atom is -0.462 e. The molecule has 1 aliphatic rings. The van der Waals surface area contributed by atoms with Crippen LogP contribution in [0.25, 0.3) is 10.2 Å². The fourth-order valence-electron chi connectivity index (χ4n) is 2.60. The SMILES string of the molecule is CCOC(=O)c1csc2ncnc(NCc3ccc4c(c3)OCO4)c12. The molecular formula is C17H15N3O4S. The average Bonchev–Trinajstić information content (AvgIpc) is 3.26. The quantitative estimate of drug-likeness (QED) is 0.702. The molecule has 0 spiro atoms. The van der Waals surface area contributed by atoms with Gasteiger partial charge in [0, 0.05) is 11.9 Å². The number of aromatic nitrogens is 2. The van der Waals surface area contributed by atoms with E-state index >= 15 is 0 Å². The van der Waals surface area contributed by atoms with Crippen LogP contribution < -0.4 is 14.8 Å². The fraction of sp³-hybridized carbons (Fsp3) is 0.235. The van der Waals surface area contributed by atoms with Gasteiger partial charge in [-0.15, -0.1) is 11.3 Å². The summed E-state index contributed by atoms with van der Waals surface area (Å²) in [4.78, 5) is 21.4. The van der Waals surface area contributed by atoms with Gasteiger partial charge in [0.1, 0.15) is 17.0 Å². The minimum absolute atomic E-state index is 0.247. The Hall–Kier alpha value is -2.87. The van der Waals surface area contributed by atoms with Crippen LogP contribution in [0.2, 0.25) is 0 Å². The molecule has 2 aromatic heterocycles. The lowest BCUT2D eigenvalue weighted by Crippen LogP contribution is -2.07. The Morgan fingerprint density at radius 3 is 3.08 bits per heavy atom. The first-order chi connectivity index (χ1) is 12.3. The monoisotopic (exact) mass is 357 g/mol. The van der Waals surface area contributed by atoms with E-state index in [4.69, 9.17) is 14.2 Å². The molecule has 0 unspecified atom stereocenters. The van der Waals surface area contributed by atoms with Crippen molar-refractivity contribution in [3.05, 3.63) is 41.0 Å². The van der Waals surface area contributed by atoms with Gasteiger partial charge < -0.3 is 19.5 Å². The average molecular weight is 357 g/mol. The van der Waals surface area contributed by atoms with E-state index in [0.29, 0.717) is 29.9 Å². The first kappa shape index (κ1) is 15.6. The molecule has 1 aromatic carbocycles. The van der Waals surface area contributed by atoms with E-state index < -0.39 is 0 Å². The molecule has 0 aliphatic carbocycles. The van der Waals surface area contributed by atoms with Crippen molar-refractivity contribution < 1.29 is 19.0 Å². The normalized spacial score (nSPS) is 12.4. The van der Waals surface area contributed by atoms with Crippen molar-refractivity contribution in [3.8, 4) is 11.5 Å². The van der Waals surface area contributed by atoms with Crippen LogP contribution in [0.15, 0.2) is 29.9 Å². The predicted molar refractivity (Wildman–Crippen MR) is 93.3 cm³/mol. The molecule has 0 fully saturated rings. The van der Waals surface area contributed by atoms with Gasteiger partial charge in [-0.05, 0) is 24.6 Å². The van der Waals surface area contributed by atoms with E-state index in [9.17, 15) is 4.79 Å². The highest BCUT2D eigenvalue weighted by Crippen LogP contribution is 2.33. The van der Waals surface area contributed by atoms with E-state index in [1.54, 1.807) is 12.3 Å². The molecule has 0 atom stereocenters. The summed E-state index contributed by atoms with van der Waals surface area (Å²) in [6.45, 7) is 2.88. The summed E-state index contributed by atoms with van der Waals surface area (Å²) in [7, 11) is 0. The molecule has 3 heterocycles. The van der Waals surface area contributed by atoms with Gasteiger partial charge in [-0.25, -0.2) is 14.8 Å². The molecule has 8 heteroatoms. The van der Waals surface area contributed by atoms with Gasteiger partial charge in [0.25, 0.3) is 0 Å². The van der Waals surface area contributed by atoms with Crippen LogP contribution in [-0.2, 0) is 11.3 Å². The maximum absolute atomic E-state index is 12.1. The van der Waals surface area contributed by atoms with Gasteiger partial charge in [-0.1, -0.05) is 6.07 Å². The van der Waals surface area contributed by atoms with E-state index in [2.05, 4.69) is 15.3 Å². The van der Waals surface area contributed by atoms with Crippen molar-refractivity contribution in [1.29, 1.82) is 0 Å². The lowest BCUT2D eigenvalue weighted by molar-refractivity contribution is 0.0529. The molecule has 7 nitrogen and oxygen atoms in total. The Bertz CT molecular complexity index is 941. The van der Waals surface area contributed by atoms with Crippen molar-refractivity contribution in [2.24, 2.45) is 0 Å². The molecule has 3 aromatic rings. The largest absolute Gasteiger partial charge is 0.462 e. The highest BCUT2D eigenvalue weighted by atomic mass is 32.1. The number of ether oxygens (including phenoxy) is 3. The minimum atomic E-state index is -0.366. The van der Waals surface area contributed by atoms with Crippen molar-refractivity contribution in [2.75, 3.05) is 18.7 Å². The van der Waals surface area contributed by atoms with Crippen molar-refractivity contribution >= 4 is 33.3 Å². The van der Waals surface area contributed by atoms with Crippen LogP contribution in [0.3, 0.4) is 0 Å². The third-order valence-corrected chi connectivity index (χ3v) is 4.65. The van der Waals surface area contributed by atoms with Gasteiger partial charge in [0.15, 0.2) is 11.5 Å². The summed E-state index contributed by atoms with van der Waals surface area (Å²) in [6, 6.07) is 5.76. The summed E-state index contributed by atoms with van der Waals surface area (Å²) >= 11 is 1.39. The summed E-state index contributed by atoms with van der Waals surface area (Å²) in [5, 5.41) is 5.71. The van der Waals surface area contributed by atoms with Crippen LogP contribution in [0.4, 0.5) is 5.82 Å². The number of thiophene rings is 1. The molecule has 25 heavy (non-hydrogen) atoms. The zero-order chi connectivity index (χ0) is 17.2. The number of rotatable bonds is 5. The summed E-state index contributed by atoms with van der Waals surface area (Å²) in [6.07, 6.45) is 1.48. The first-order valence-corrected chi connectivity index (χ1v) is 8.66. The number of fused-ring (bicyclic) bond motifs is 2. The van der Waals surface area contributed by atoms with Gasteiger partial charge >= 0.3 is 5.97 Å². The number of carbonyl (C=O) groups is 1. The van der Waals surface area contributed by atoms with Gasteiger partial charge in [-0.2, -0.15) is 0 Å². The fourth-order valence-corrected chi connectivity index (χ4v) is 3.48. The number of nitrogens with zero attached hydrogens (tertiary/aromatic N) is 2. The molecule has 128 valence electrons. The Morgan fingerprint density at radius 2 is 2.20 bits per heavy atom. The molecule has 0 radical (unpaired) electrons.